The number of carbonyl (C=O) groups excluding carboxylic acids is 2. The molecule has 1 aliphatic carbocycles. The Morgan fingerprint density at radius 2 is 1.94 bits per heavy atom. The van der Waals surface area contributed by atoms with Crippen molar-refractivity contribution in [3.8, 4) is 0 Å². The number of benzene rings is 1. The molecule has 0 unspecified atom stereocenters. The maximum absolute atomic E-state index is 11.7. The first-order chi connectivity index (χ1) is 8.15. The monoisotopic (exact) mass is 227 g/mol. The van der Waals surface area contributed by atoms with Gasteiger partial charge in [0.2, 0.25) is 5.91 Å². The molecule has 3 rings (SSSR count). The number of fused-ring (bicyclic) bond motifs is 1. The van der Waals surface area contributed by atoms with Crippen LogP contribution < -0.4 is 5.32 Å². The van der Waals surface area contributed by atoms with Crippen LogP contribution >= 0.6 is 0 Å². The van der Waals surface area contributed by atoms with E-state index >= 15 is 0 Å². The van der Waals surface area contributed by atoms with Crippen LogP contribution in [0.15, 0.2) is 23.8 Å². The van der Waals surface area contributed by atoms with E-state index in [0.717, 1.165) is 24.0 Å². The third kappa shape index (κ3) is 1.58. The molecule has 0 aromatic heterocycles. The molecule has 1 N–H and O–H groups in total. The Balaban J connectivity index is 2.15. The summed E-state index contributed by atoms with van der Waals surface area (Å²) in [4.78, 5) is 22.9. The fraction of sp³-hybridized carbons (Fsp3) is 0.286. The number of carbonyl (C=O) groups is 2. The van der Waals surface area contributed by atoms with Gasteiger partial charge in [-0.2, -0.15) is 0 Å². The Morgan fingerprint density at radius 3 is 2.65 bits per heavy atom. The topological polar surface area (TPSA) is 46.2 Å². The zero-order chi connectivity index (χ0) is 12.0. The molecule has 0 saturated carbocycles. The molecule has 3 heteroatoms. The molecule has 3 nitrogen and oxygen atoms in total. The quantitative estimate of drug-likeness (QED) is 0.542. The average Bonchev–Trinajstić information content (AvgIpc) is 2.81. The van der Waals surface area contributed by atoms with Gasteiger partial charge in [-0.15, -0.1) is 0 Å². The van der Waals surface area contributed by atoms with E-state index in [-0.39, 0.29) is 18.2 Å². The smallest absolute Gasteiger partial charge is 0.254 e. The van der Waals surface area contributed by atoms with E-state index < -0.39 is 0 Å². The largest absolute Gasteiger partial charge is 0.292 e. The van der Waals surface area contributed by atoms with Gasteiger partial charge in [-0.25, -0.2) is 0 Å². The maximum atomic E-state index is 11.7. The fourth-order valence-electron chi connectivity index (χ4n) is 2.63. The first-order valence-corrected chi connectivity index (χ1v) is 5.81. The minimum atomic E-state index is -0.209. The van der Waals surface area contributed by atoms with Crippen molar-refractivity contribution in [2.75, 3.05) is 0 Å². The van der Waals surface area contributed by atoms with E-state index in [1.807, 2.05) is 6.92 Å². The summed E-state index contributed by atoms with van der Waals surface area (Å²) in [6.45, 7) is 2.04. The van der Waals surface area contributed by atoms with Crippen molar-refractivity contribution in [3.63, 3.8) is 0 Å². The minimum absolute atomic E-state index is 0.182. The first kappa shape index (κ1) is 10.3. The molecular formula is C14H13NO2. The Bertz CT molecular complexity index is 570. The number of rotatable bonds is 0. The van der Waals surface area contributed by atoms with Gasteiger partial charge in [0, 0.05) is 5.57 Å². The molecule has 0 atom stereocenters. The van der Waals surface area contributed by atoms with Crippen LogP contribution in [0.5, 0.6) is 0 Å². The summed E-state index contributed by atoms with van der Waals surface area (Å²) in [5.74, 6) is -0.391. The molecule has 0 radical (unpaired) electrons. The van der Waals surface area contributed by atoms with Crippen molar-refractivity contribution in [3.05, 3.63) is 40.5 Å². The lowest BCUT2D eigenvalue weighted by atomic mass is 9.99. The summed E-state index contributed by atoms with van der Waals surface area (Å²) in [5, 5.41) is 2.35. The molecule has 0 spiro atoms. The predicted octanol–water partition coefficient (Wildman–Crippen LogP) is 1.74. The fourth-order valence-corrected chi connectivity index (χ4v) is 2.63. The van der Waals surface area contributed by atoms with Crippen LogP contribution in [0, 0.1) is 6.92 Å². The lowest BCUT2D eigenvalue weighted by Gasteiger charge is -2.04. The summed E-state index contributed by atoms with van der Waals surface area (Å²) in [6, 6.07) is 6.32. The normalized spacial score (nSPS) is 22.9. The summed E-state index contributed by atoms with van der Waals surface area (Å²) in [6.07, 6.45) is 2.08. The molecule has 0 bridgehead atoms. The SMILES string of the molecule is Cc1ccc2c(c1)/C(=C1\CC(=O)NC1=O)CC2. The molecular weight excluding hydrogens is 214 g/mol. The summed E-state index contributed by atoms with van der Waals surface area (Å²) in [7, 11) is 0. The number of imide groups is 1. The number of hydrogen-bond acceptors (Lipinski definition) is 2. The Morgan fingerprint density at radius 1 is 1.12 bits per heavy atom. The van der Waals surface area contributed by atoms with E-state index in [9.17, 15) is 9.59 Å². The van der Waals surface area contributed by atoms with E-state index in [2.05, 4.69) is 23.5 Å². The molecule has 1 saturated heterocycles. The van der Waals surface area contributed by atoms with Crippen LogP contribution in [0.1, 0.15) is 29.5 Å². The average molecular weight is 227 g/mol. The number of nitrogens with one attached hydrogen (secondary N) is 1. The zero-order valence-electron chi connectivity index (χ0n) is 9.67. The van der Waals surface area contributed by atoms with Gasteiger partial charge in [0.15, 0.2) is 0 Å². The number of aryl methyl sites for hydroxylation is 2. The van der Waals surface area contributed by atoms with Gasteiger partial charge in [-0.05, 0) is 36.5 Å². The van der Waals surface area contributed by atoms with Crippen molar-refractivity contribution in [2.24, 2.45) is 0 Å². The second kappa shape index (κ2) is 3.55. The zero-order valence-corrected chi connectivity index (χ0v) is 9.67. The van der Waals surface area contributed by atoms with Gasteiger partial charge in [0.05, 0.1) is 6.42 Å². The van der Waals surface area contributed by atoms with Crippen molar-refractivity contribution < 1.29 is 9.59 Å². The Hall–Kier alpha value is -1.90. The highest BCUT2D eigenvalue weighted by Crippen LogP contribution is 2.36. The highest BCUT2D eigenvalue weighted by molar-refractivity contribution is 6.17. The number of allylic oxidation sites excluding steroid dienone is 1. The van der Waals surface area contributed by atoms with Crippen LogP contribution in [0.2, 0.25) is 0 Å². The molecule has 1 fully saturated rings. The van der Waals surface area contributed by atoms with E-state index in [4.69, 9.17) is 0 Å². The third-order valence-electron chi connectivity index (χ3n) is 3.46. The summed E-state index contributed by atoms with van der Waals surface area (Å²) >= 11 is 0. The van der Waals surface area contributed by atoms with Crippen LogP contribution in [0.4, 0.5) is 0 Å². The van der Waals surface area contributed by atoms with Gasteiger partial charge in [-0.1, -0.05) is 23.8 Å². The van der Waals surface area contributed by atoms with Crippen molar-refractivity contribution in [2.45, 2.75) is 26.2 Å². The molecule has 86 valence electrons. The van der Waals surface area contributed by atoms with Crippen molar-refractivity contribution >= 4 is 17.4 Å². The molecule has 17 heavy (non-hydrogen) atoms. The Kier molecular flexibility index (Phi) is 2.15. The van der Waals surface area contributed by atoms with Gasteiger partial charge in [-0.3, -0.25) is 14.9 Å². The van der Waals surface area contributed by atoms with Gasteiger partial charge < -0.3 is 0 Å². The van der Waals surface area contributed by atoms with Crippen molar-refractivity contribution in [1.29, 1.82) is 0 Å². The second-order valence-corrected chi connectivity index (χ2v) is 4.67. The molecule has 2 aliphatic rings. The Labute approximate surface area is 99.5 Å². The summed E-state index contributed by atoms with van der Waals surface area (Å²) in [5.41, 5.74) is 5.36. The second-order valence-electron chi connectivity index (χ2n) is 4.67. The molecule has 2 amide bonds. The van der Waals surface area contributed by atoms with Crippen molar-refractivity contribution in [1.82, 2.24) is 5.32 Å². The third-order valence-corrected chi connectivity index (χ3v) is 3.46. The van der Waals surface area contributed by atoms with E-state index in [1.165, 1.54) is 11.1 Å². The van der Waals surface area contributed by atoms with E-state index in [0.29, 0.717) is 5.57 Å². The lowest BCUT2D eigenvalue weighted by molar-refractivity contribution is -0.124. The molecule has 1 aliphatic heterocycles. The van der Waals surface area contributed by atoms with Gasteiger partial charge in [0.25, 0.3) is 5.91 Å². The standard InChI is InChI=1S/C14H13NO2/c1-8-2-3-9-4-5-10(11(9)6-8)12-7-13(16)15-14(12)17/h2-3,6H,4-5,7H2,1H3,(H,15,16,17)/b12-10+. The van der Waals surface area contributed by atoms with Crippen LogP contribution in [-0.4, -0.2) is 11.8 Å². The summed E-state index contributed by atoms with van der Waals surface area (Å²) < 4.78 is 0. The lowest BCUT2D eigenvalue weighted by Crippen LogP contribution is -2.19. The highest BCUT2D eigenvalue weighted by Gasteiger charge is 2.30. The van der Waals surface area contributed by atoms with Gasteiger partial charge >= 0.3 is 0 Å². The van der Waals surface area contributed by atoms with Crippen LogP contribution in [-0.2, 0) is 16.0 Å². The first-order valence-electron chi connectivity index (χ1n) is 5.81. The number of amides is 2. The van der Waals surface area contributed by atoms with Crippen LogP contribution in [0.25, 0.3) is 5.57 Å². The molecule has 1 heterocycles. The van der Waals surface area contributed by atoms with Crippen LogP contribution in [0.3, 0.4) is 0 Å². The van der Waals surface area contributed by atoms with Gasteiger partial charge in [0.1, 0.15) is 0 Å². The number of hydrogen-bond donors (Lipinski definition) is 1. The predicted molar refractivity (Wildman–Crippen MR) is 64.2 cm³/mol. The molecule has 1 aromatic carbocycles. The van der Waals surface area contributed by atoms with E-state index in [1.54, 1.807) is 0 Å². The minimum Gasteiger partial charge on any atom is -0.292 e. The highest BCUT2D eigenvalue weighted by atomic mass is 16.2. The molecule has 1 aromatic rings. The maximum Gasteiger partial charge on any atom is 0.254 e.